The van der Waals surface area contributed by atoms with E-state index in [4.69, 9.17) is 14.6 Å². The largest absolute Gasteiger partial charge is 0.479 e. The number of aliphatic carboxylic acids is 1. The molecule has 1 aliphatic rings. The zero-order chi connectivity index (χ0) is 9.68. The maximum Gasteiger partial charge on any atom is 0.332 e. The summed E-state index contributed by atoms with van der Waals surface area (Å²) in [7, 11) is 1.43. The van der Waals surface area contributed by atoms with Gasteiger partial charge in [0.2, 0.25) is 0 Å². The summed E-state index contributed by atoms with van der Waals surface area (Å²) in [5.74, 6) is -0.539. The van der Waals surface area contributed by atoms with Gasteiger partial charge in [-0.15, -0.1) is 0 Å². The lowest BCUT2D eigenvalue weighted by Crippen LogP contribution is -2.29. The zero-order valence-electron chi connectivity index (χ0n) is 7.86. The van der Waals surface area contributed by atoms with Gasteiger partial charge in [-0.05, 0) is 25.2 Å². The second-order valence-corrected chi connectivity index (χ2v) is 3.38. The predicted octanol–water partition coefficient (Wildman–Crippen LogP) is 0.903. The molecule has 4 heteroatoms. The zero-order valence-corrected chi connectivity index (χ0v) is 7.86. The SMILES string of the molecule is COC(CC1CCCOC1)C(=O)O. The molecule has 4 nitrogen and oxygen atoms in total. The molecule has 2 atom stereocenters. The summed E-state index contributed by atoms with van der Waals surface area (Å²) in [4.78, 5) is 10.6. The topological polar surface area (TPSA) is 55.8 Å². The fourth-order valence-electron chi connectivity index (χ4n) is 1.59. The molecule has 1 aliphatic heterocycles. The molecule has 0 spiro atoms. The fourth-order valence-corrected chi connectivity index (χ4v) is 1.59. The van der Waals surface area contributed by atoms with Crippen LogP contribution in [-0.2, 0) is 14.3 Å². The molecule has 0 bridgehead atoms. The molecule has 1 heterocycles. The van der Waals surface area contributed by atoms with Crippen molar-refractivity contribution in [1.82, 2.24) is 0 Å². The summed E-state index contributed by atoms with van der Waals surface area (Å²) >= 11 is 0. The number of ether oxygens (including phenoxy) is 2. The molecule has 0 aliphatic carbocycles. The molecule has 1 saturated heterocycles. The van der Waals surface area contributed by atoms with Crippen molar-refractivity contribution in [2.24, 2.45) is 5.92 Å². The van der Waals surface area contributed by atoms with Gasteiger partial charge in [0.15, 0.2) is 6.10 Å². The van der Waals surface area contributed by atoms with E-state index in [2.05, 4.69) is 0 Å². The van der Waals surface area contributed by atoms with E-state index in [0.717, 1.165) is 19.4 Å². The van der Waals surface area contributed by atoms with Crippen molar-refractivity contribution in [3.05, 3.63) is 0 Å². The highest BCUT2D eigenvalue weighted by Crippen LogP contribution is 2.19. The highest BCUT2D eigenvalue weighted by Gasteiger charge is 2.23. The minimum absolute atomic E-state index is 0.342. The molecule has 1 fully saturated rings. The Bertz CT molecular complexity index is 163. The lowest BCUT2D eigenvalue weighted by Gasteiger charge is -2.24. The fraction of sp³-hybridized carbons (Fsp3) is 0.889. The number of carbonyl (C=O) groups is 1. The van der Waals surface area contributed by atoms with Gasteiger partial charge in [-0.25, -0.2) is 4.79 Å². The Hall–Kier alpha value is -0.610. The first-order valence-corrected chi connectivity index (χ1v) is 4.57. The molecular weight excluding hydrogens is 172 g/mol. The van der Waals surface area contributed by atoms with E-state index in [-0.39, 0.29) is 0 Å². The molecule has 13 heavy (non-hydrogen) atoms. The summed E-state index contributed by atoms with van der Waals surface area (Å²) in [5, 5.41) is 8.74. The molecule has 1 rings (SSSR count). The summed E-state index contributed by atoms with van der Waals surface area (Å²) in [6, 6.07) is 0. The summed E-state index contributed by atoms with van der Waals surface area (Å²) in [6.07, 6.45) is 1.96. The highest BCUT2D eigenvalue weighted by molar-refractivity contribution is 5.72. The molecule has 0 aromatic heterocycles. The first kappa shape index (κ1) is 10.5. The third-order valence-corrected chi connectivity index (χ3v) is 2.36. The lowest BCUT2D eigenvalue weighted by atomic mass is 9.95. The van der Waals surface area contributed by atoms with Crippen molar-refractivity contribution in [2.75, 3.05) is 20.3 Å². The van der Waals surface area contributed by atoms with Crippen molar-refractivity contribution in [3.63, 3.8) is 0 Å². The van der Waals surface area contributed by atoms with Gasteiger partial charge in [-0.1, -0.05) is 0 Å². The molecular formula is C9H16O4. The second-order valence-electron chi connectivity index (χ2n) is 3.38. The normalized spacial score (nSPS) is 25.5. The van der Waals surface area contributed by atoms with E-state index in [1.165, 1.54) is 7.11 Å². The van der Waals surface area contributed by atoms with Crippen LogP contribution in [-0.4, -0.2) is 37.5 Å². The van der Waals surface area contributed by atoms with Crippen LogP contribution in [0.5, 0.6) is 0 Å². The molecule has 0 radical (unpaired) electrons. The number of hydrogen-bond donors (Lipinski definition) is 1. The third kappa shape index (κ3) is 3.32. The van der Waals surface area contributed by atoms with Crippen molar-refractivity contribution in [3.8, 4) is 0 Å². The molecule has 0 aromatic rings. The highest BCUT2D eigenvalue weighted by atomic mass is 16.5. The van der Waals surface area contributed by atoms with Crippen molar-refractivity contribution >= 4 is 5.97 Å². The Morgan fingerprint density at radius 2 is 2.54 bits per heavy atom. The van der Waals surface area contributed by atoms with Gasteiger partial charge in [0, 0.05) is 20.3 Å². The van der Waals surface area contributed by atoms with Crippen molar-refractivity contribution in [1.29, 1.82) is 0 Å². The van der Waals surface area contributed by atoms with Crippen LogP contribution in [0.4, 0.5) is 0 Å². The molecule has 1 N–H and O–H groups in total. The van der Waals surface area contributed by atoms with E-state index in [9.17, 15) is 4.79 Å². The molecule has 0 saturated carbocycles. The number of hydrogen-bond acceptors (Lipinski definition) is 3. The number of rotatable bonds is 4. The standard InChI is InChI=1S/C9H16O4/c1-12-8(9(10)11)5-7-3-2-4-13-6-7/h7-8H,2-6H2,1H3,(H,10,11). The van der Waals surface area contributed by atoms with Crippen LogP contribution in [0.2, 0.25) is 0 Å². The second kappa shape index (κ2) is 5.19. The number of methoxy groups -OCH3 is 1. The van der Waals surface area contributed by atoms with E-state index >= 15 is 0 Å². The van der Waals surface area contributed by atoms with Crippen LogP contribution in [0.3, 0.4) is 0 Å². The minimum Gasteiger partial charge on any atom is -0.479 e. The van der Waals surface area contributed by atoms with Crippen molar-refractivity contribution < 1.29 is 19.4 Å². The lowest BCUT2D eigenvalue weighted by molar-refractivity contribution is -0.150. The van der Waals surface area contributed by atoms with E-state index < -0.39 is 12.1 Å². The van der Waals surface area contributed by atoms with Gasteiger partial charge in [0.25, 0.3) is 0 Å². The number of carboxylic acid groups (broad SMARTS) is 1. The van der Waals surface area contributed by atoms with Crippen LogP contribution >= 0.6 is 0 Å². The monoisotopic (exact) mass is 188 g/mol. The van der Waals surface area contributed by atoms with Gasteiger partial charge >= 0.3 is 5.97 Å². The minimum atomic E-state index is -0.881. The number of carboxylic acids is 1. The van der Waals surface area contributed by atoms with Crippen LogP contribution < -0.4 is 0 Å². The molecule has 0 amide bonds. The van der Waals surface area contributed by atoms with E-state index in [1.807, 2.05) is 0 Å². The molecule has 76 valence electrons. The third-order valence-electron chi connectivity index (χ3n) is 2.36. The van der Waals surface area contributed by atoms with Crippen LogP contribution in [0.15, 0.2) is 0 Å². The predicted molar refractivity (Wildman–Crippen MR) is 46.6 cm³/mol. The summed E-state index contributed by atoms with van der Waals surface area (Å²) < 4.78 is 10.1. The van der Waals surface area contributed by atoms with Crippen LogP contribution in [0.1, 0.15) is 19.3 Å². The van der Waals surface area contributed by atoms with Gasteiger partial charge in [0.1, 0.15) is 0 Å². The van der Waals surface area contributed by atoms with Gasteiger partial charge in [-0.3, -0.25) is 0 Å². The smallest absolute Gasteiger partial charge is 0.332 e. The summed E-state index contributed by atoms with van der Waals surface area (Å²) in [5.41, 5.74) is 0. The first-order chi connectivity index (χ1) is 6.24. The van der Waals surface area contributed by atoms with Gasteiger partial charge < -0.3 is 14.6 Å². The van der Waals surface area contributed by atoms with Crippen LogP contribution in [0, 0.1) is 5.92 Å². The van der Waals surface area contributed by atoms with E-state index in [0.29, 0.717) is 18.9 Å². The molecule has 0 aromatic carbocycles. The Balaban J connectivity index is 2.31. The van der Waals surface area contributed by atoms with Gasteiger partial charge in [-0.2, -0.15) is 0 Å². The first-order valence-electron chi connectivity index (χ1n) is 4.57. The summed E-state index contributed by atoms with van der Waals surface area (Å²) in [6.45, 7) is 1.48. The Morgan fingerprint density at radius 3 is 3.00 bits per heavy atom. The Morgan fingerprint density at radius 1 is 1.77 bits per heavy atom. The van der Waals surface area contributed by atoms with E-state index in [1.54, 1.807) is 0 Å². The average molecular weight is 188 g/mol. The molecule has 2 unspecified atom stereocenters. The average Bonchev–Trinajstić information content (AvgIpc) is 2.15. The quantitative estimate of drug-likeness (QED) is 0.712. The van der Waals surface area contributed by atoms with Gasteiger partial charge in [0.05, 0.1) is 0 Å². The maximum atomic E-state index is 10.6. The Labute approximate surface area is 77.8 Å². The maximum absolute atomic E-state index is 10.6. The van der Waals surface area contributed by atoms with Crippen LogP contribution in [0.25, 0.3) is 0 Å². The van der Waals surface area contributed by atoms with Crippen molar-refractivity contribution in [2.45, 2.75) is 25.4 Å². The Kier molecular flexibility index (Phi) is 4.18.